The third-order valence-corrected chi connectivity index (χ3v) is 4.53. The SMILES string of the molecule is Cc1cc(-c2ccc(F)cc2)nc2ccc(CC(=O)NC3CC3)cc12. The molecular formula is C21H19FN2O. The van der Waals surface area contributed by atoms with E-state index < -0.39 is 0 Å². The number of aromatic nitrogens is 1. The summed E-state index contributed by atoms with van der Waals surface area (Å²) in [6.07, 6.45) is 2.59. The molecule has 0 unspecified atom stereocenters. The summed E-state index contributed by atoms with van der Waals surface area (Å²) < 4.78 is 13.1. The van der Waals surface area contributed by atoms with E-state index >= 15 is 0 Å². The Morgan fingerprint density at radius 2 is 1.92 bits per heavy atom. The summed E-state index contributed by atoms with van der Waals surface area (Å²) in [7, 11) is 0. The molecule has 0 radical (unpaired) electrons. The van der Waals surface area contributed by atoms with E-state index in [2.05, 4.69) is 5.32 Å². The van der Waals surface area contributed by atoms with Crippen molar-refractivity contribution in [3.05, 3.63) is 65.5 Å². The van der Waals surface area contributed by atoms with Crippen molar-refractivity contribution in [2.24, 2.45) is 0 Å². The fourth-order valence-electron chi connectivity index (χ4n) is 3.01. The molecule has 0 bridgehead atoms. The standard InChI is InChI=1S/C21H19FN2O/c1-13-10-20(15-3-5-16(22)6-4-15)24-19-9-2-14(11-18(13)19)12-21(25)23-17-7-8-17/h2-6,9-11,17H,7-8,12H2,1H3,(H,23,25). The van der Waals surface area contributed by atoms with Crippen molar-refractivity contribution in [2.45, 2.75) is 32.2 Å². The van der Waals surface area contributed by atoms with Crippen molar-refractivity contribution in [1.82, 2.24) is 10.3 Å². The van der Waals surface area contributed by atoms with Gasteiger partial charge in [-0.1, -0.05) is 6.07 Å². The zero-order valence-corrected chi connectivity index (χ0v) is 14.1. The molecular weight excluding hydrogens is 315 g/mol. The third-order valence-electron chi connectivity index (χ3n) is 4.53. The maximum atomic E-state index is 13.1. The summed E-state index contributed by atoms with van der Waals surface area (Å²) in [4.78, 5) is 16.7. The molecule has 2 aromatic carbocycles. The molecule has 1 fully saturated rings. The Kier molecular flexibility index (Phi) is 3.96. The maximum absolute atomic E-state index is 13.1. The summed E-state index contributed by atoms with van der Waals surface area (Å²) in [5.74, 6) is -0.175. The number of fused-ring (bicyclic) bond motifs is 1. The predicted molar refractivity (Wildman–Crippen MR) is 96.7 cm³/mol. The molecule has 3 nitrogen and oxygen atoms in total. The number of amides is 1. The van der Waals surface area contributed by atoms with Gasteiger partial charge >= 0.3 is 0 Å². The van der Waals surface area contributed by atoms with Gasteiger partial charge in [-0.3, -0.25) is 4.79 Å². The molecule has 1 aliphatic carbocycles. The van der Waals surface area contributed by atoms with Gasteiger partial charge in [-0.2, -0.15) is 0 Å². The van der Waals surface area contributed by atoms with Gasteiger partial charge in [0.1, 0.15) is 5.82 Å². The van der Waals surface area contributed by atoms with Crippen LogP contribution in [-0.4, -0.2) is 16.9 Å². The molecule has 4 heteroatoms. The van der Waals surface area contributed by atoms with Gasteiger partial charge in [0.05, 0.1) is 17.6 Å². The lowest BCUT2D eigenvalue weighted by Gasteiger charge is -2.09. The Labute approximate surface area is 145 Å². The molecule has 1 aromatic heterocycles. The van der Waals surface area contributed by atoms with E-state index in [9.17, 15) is 9.18 Å². The van der Waals surface area contributed by atoms with Gasteiger partial charge in [-0.15, -0.1) is 0 Å². The monoisotopic (exact) mass is 334 g/mol. The summed E-state index contributed by atoms with van der Waals surface area (Å²) in [5.41, 5.74) is 4.67. The predicted octanol–water partition coefficient (Wildman–Crippen LogP) is 4.17. The number of hydrogen-bond donors (Lipinski definition) is 1. The van der Waals surface area contributed by atoms with Crippen LogP contribution in [-0.2, 0) is 11.2 Å². The van der Waals surface area contributed by atoms with E-state index in [0.717, 1.165) is 46.1 Å². The minimum atomic E-state index is -0.254. The van der Waals surface area contributed by atoms with Crippen LogP contribution in [0.1, 0.15) is 24.0 Å². The lowest BCUT2D eigenvalue weighted by Crippen LogP contribution is -2.26. The lowest BCUT2D eigenvalue weighted by atomic mass is 10.0. The van der Waals surface area contributed by atoms with E-state index in [0.29, 0.717) is 12.5 Å². The van der Waals surface area contributed by atoms with E-state index in [1.807, 2.05) is 31.2 Å². The topological polar surface area (TPSA) is 42.0 Å². The van der Waals surface area contributed by atoms with E-state index in [1.165, 1.54) is 12.1 Å². The van der Waals surface area contributed by atoms with Crippen molar-refractivity contribution in [3.63, 3.8) is 0 Å². The molecule has 1 heterocycles. The van der Waals surface area contributed by atoms with Crippen LogP contribution in [0, 0.1) is 12.7 Å². The molecule has 0 aliphatic heterocycles. The Morgan fingerprint density at radius 3 is 2.64 bits per heavy atom. The molecule has 4 rings (SSSR count). The number of aryl methyl sites for hydroxylation is 1. The molecule has 1 aliphatic rings. The first-order chi connectivity index (χ1) is 12.1. The number of nitrogens with zero attached hydrogens (tertiary/aromatic N) is 1. The number of carbonyl (C=O) groups is 1. The Bertz CT molecular complexity index is 946. The first-order valence-electron chi connectivity index (χ1n) is 8.54. The summed E-state index contributed by atoms with van der Waals surface area (Å²) in [5, 5.41) is 4.06. The highest BCUT2D eigenvalue weighted by Crippen LogP contribution is 2.26. The first kappa shape index (κ1) is 15.8. The maximum Gasteiger partial charge on any atom is 0.224 e. The average Bonchev–Trinajstić information content (AvgIpc) is 3.40. The van der Waals surface area contributed by atoms with Crippen LogP contribution in [0.4, 0.5) is 4.39 Å². The fraction of sp³-hybridized carbons (Fsp3) is 0.238. The molecule has 0 atom stereocenters. The van der Waals surface area contributed by atoms with Crippen molar-refractivity contribution in [1.29, 1.82) is 0 Å². The summed E-state index contributed by atoms with van der Waals surface area (Å²) in [6, 6.07) is 14.7. The van der Waals surface area contributed by atoms with Crippen molar-refractivity contribution >= 4 is 16.8 Å². The molecule has 1 amide bonds. The largest absolute Gasteiger partial charge is 0.353 e. The number of carbonyl (C=O) groups excluding carboxylic acids is 1. The number of benzene rings is 2. The van der Waals surface area contributed by atoms with Crippen LogP contribution in [0.3, 0.4) is 0 Å². The Hall–Kier alpha value is -2.75. The number of hydrogen-bond acceptors (Lipinski definition) is 2. The second-order valence-corrected chi connectivity index (χ2v) is 6.70. The number of rotatable bonds is 4. The van der Waals surface area contributed by atoms with Crippen LogP contribution in [0.2, 0.25) is 0 Å². The van der Waals surface area contributed by atoms with Gasteiger partial charge in [-0.05, 0) is 73.4 Å². The molecule has 1 N–H and O–H groups in total. The number of halogens is 1. The van der Waals surface area contributed by atoms with E-state index in [1.54, 1.807) is 12.1 Å². The minimum Gasteiger partial charge on any atom is -0.353 e. The fourth-order valence-corrected chi connectivity index (χ4v) is 3.01. The highest BCUT2D eigenvalue weighted by atomic mass is 19.1. The highest BCUT2D eigenvalue weighted by molar-refractivity contribution is 5.87. The van der Waals surface area contributed by atoms with E-state index in [4.69, 9.17) is 4.98 Å². The second-order valence-electron chi connectivity index (χ2n) is 6.70. The molecule has 25 heavy (non-hydrogen) atoms. The molecule has 126 valence electrons. The van der Waals surface area contributed by atoms with Crippen LogP contribution in [0.5, 0.6) is 0 Å². The van der Waals surface area contributed by atoms with Gasteiger partial charge in [0, 0.05) is 17.0 Å². The first-order valence-corrected chi connectivity index (χ1v) is 8.54. The zero-order valence-electron chi connectivity index (χ0n) is 14.1. The van der Waals surface area contributed by atoms with Crippen LogP contribution in [0.25, 0.3) is 22.2 Å². The normalized spacial score (nSPS) is 13.8. The van der Waals surface area contributed by atoms with Crippen LogP contribution in [0.15, 0.2) is 48.5 Å². The van der Waals surface area contributed by atoms with Gasteiger partial charge in [0.15, 0.2) is 0 Å². The average molecular weight is 334 g/mol. The third kappa shape index (κ3) is 3.53. The zero-order chi connectivity index (χ0) is 17.4. The van der Waals surface area contributed by atoms with Crippen molar-refractivity contribution < 1.29 is 9.18 Å². The van der Waals surface area contributed by atoms with Crippen molar-refractivity contribution in [2.75, 3.05) is 0 Å². The highest BCUT2D eigenvalue weighted by Gasteiger charge is 2.23. The number of nitrogens with one attached hydrogen (secondary N) is 1. The molecule has 0 saturated heterocycles. The lowest BCUT2D eigenvalue weighted by molar-refractivity contribution is -0.120. The van der Waals surface area contributed by atoms with Crippen LogP contribution < -0.4 is 5.32 Å². The van der Waals surface area contributed by atoms with Gasteiger partial charge in [-0.25, -0.2) is 9.37 Å². The Morgan fingerprint density at radius 1 is 1.16 bits per heavy atom. The molecule has 3 aromatic rings. The smallest absolute Gasteiger partial charge is 0.224 e. The number of pyridine rings is 1. The molecule has 0 spiro atoms. The molecule has 1 saturated carbocycles. The van der Waals surface area contributed by atoms with Crippen LogP contribution >= 0.6 is 0 Å². The Balaban J connectivity index is 1.64. The summed E-state index contributed by atoms with van der Waals surface area (Å²) in [6.45, 7) is 2.03. The van der Waals surface area contributed by atoms with Gasteiger partial charge in [0.25, 0.3) is 0 Å². The van der Waals surface area contributed by atoms with Gasteiger partial charge in [0.2, 0.25) is 5.91 Å². The van der Waals surface area contributed by atoms with E-state index in [-0.39, 0.29) is 11.7 Å². The van der Waals surface area contributed by atoms with Gasteiger partial charge < -0.3 is 5.32 Å². The summed E-state index contributed by atoms with van der Waals surface area (Å²) >= 11 is 0. The van der Waals surface area contributed by atoms with Crippen molar-refractivity contribution in [3.8, 4) is 11.3 Å². The second kappa shape index (κ2) is 6.28. The quantitative estimate of drug-likeness (QED) is 0.778. The minimum absolute atomic E-state index is 0.0791.